The van der Waals surface area contributed by atoms with Crippen LogP contribution in [-0.2, 0) is 64.4 Å². The molecule has 4 rings (SSSR count). The van der Waals surface area contributed by atoms with Crippen molar-refractivity contribution >= 4 is 58.2 Å². The van der Waals surface area contributed by atoms with Crippen LogP contribution in [0.5, 0.6) is 5.75 Å². The summed E-state index contributed by atoms with van der Waals surface area (Å²) in [6, 6.07) is 6.14. The smallest absolute Gasteiger partial charge is 0.491 e. The monoisotopic (exact) mass is 1080 g/mol. The minimum absolute atomic E-state index is 0.00322. The molecule has 0 saturated carbocycles. The van der Waals surface area contributed by atoms with Crippen molar-refractivity contribution in [2.24, 2.45) is 10.2 Å². The van der Waals surface area contributed by atoms with E-state index in [1.54, 1.807) is 18.2 Å². The number of aromatic amines is 1. The quantitative estimate of drug-likeness (QED) is 0.0114. The first-order chi connectivity index (χ1) is 34.4. The molecule has 394 valence electrons. The number of aliphatic hydroxyl groups excluding tert-OH is 1. The molecule has 8 N–H and O–H groups in total. The van der Waals surface area contributed by atoms with E-state index in [4.69, 9.17) is 44.4 Å². The van der Waals surface area contributed by atoms with Gasteiger partial charge in [-0.05, 0) is 29.3 Å². The molecule has 1 fully saturated rings. The van der Waals surface area contributed by atoms with Gasteiger partial charge in [0, 0.05) is 68.8 Å². The van der Waals surface area contributed by atoms with Crippen molar-refractivity contribution in [2.75, 3.05) is 92.6 Å². The Balaban J connectivity index is 1.32. The molecule has 0 radical (unpaired) electrons. The normalized spacial score (nSPS) is 18.1. The van der Waals surface area contributed by atoms with Crippen LogP contribution in [-0.4, -0.2) is 153 Å². The topological polar surface area (TPSA) is 452 Å². The zero-order chi connectivity index (χ0) is 52.7. The Hall–Kier alpha value is -5.96. The van der Waals surface area contributed by atoms with E-state index in [1.807, 2.05) is 0 Å². The fourth-order valence-electron chi connectivity index (χ4n) is 5.98. The summed E-state index contributed by atoms with van der Waals surface area (Å²) in [6.45, 7) is -2.44. The van der Waals surface area contributed by atoms with E-state index in [0.29, 0.717) is 7.11 Å². The van der Waals surface area contributed by atoms with E-state index in [0.717, 1.165) is 7.11 Å². The van der Waals surface area contributed by atoms with Gasteiger partial charge in [0.2, 0.25) is 17.8 Å². The molecule has 7 atom stereocenters. The van der Waals surface area contributed by atoms with Crippen LogP contribution in [0.1, 0.15) is 35.0 Å². The number of benzene rings is 1. The van der Waals surface area contributed by atoms with Gasteiger partial charge in [0.15, 0.2) is 11.9 Å². The van der Waals surface area contributed by atoms with E-state index in [-0.39, 0.29) is 98.7 Å². The highest BCUT2D eigenvalue weighted by molar-refractivity contribution is 7.67. The molecule has 0 spiro atoms. The van der Waals surface area contributed by atoms with Gasteiger partial charge in [-0.25, -0.2) is 13.7 Å². The van der Waals surface area contributed by atoms with Crippen LogP contribution in [0.15, 0.2) is 45.5 Å². The third-order valence-electron chi connectivity index (χ3n) is 9.19. The van der Waals surface area contributed by atoms with Crippen molar-refractivity contribution < 1.29 is 88.8 Å². The number of ether oxygens (including phenoxy) is 5. The number of amides is 3. The first-order valence-corrected chi connectivity index (χ1v) is 25.3. The highest BCUT2D eigenvalue weighted by Gasteiger charge is 2.45. The van der Waals surface area contributed by atoms with Crippen molar-refractivity contribution in [3.63, 3.8) is 0 Å². The lowest BCUT2D eigenvalue weighted by molar-refractivity contribution is -0.126. The van der Waals surface area contributed by atoms with Gasteiger partial charge < -0.3 is 64.4 Å². The number of phosphoric acid groups is 3. The number of nitrogens with zero attached hydrogens (tertiary/aromatic N) is 8. The maximum atomic E-state index is 13.3. The Morgan fingerprint density at radius 3 is 2.53 bits per heavy atom. The lowest BCUT2D eigenvalue weighted by Gasteiger charge is -2.22. The third-order valence-corrected chi connectivity index (χ3v) is 13.8. The third kappa shape index (κ3) is 18.9. The Morgan fingerprint density at radius 2 is 1.82 bits per heavy atom. The van der Waals surface area contributed by atoms with Gasteiger partial charge in [0.05, 0.1) is 50.0 Å². The highest BCUT2D eigenvalue weighted by Crippen LogP contribution is 2.69. The Labute approximate surface area is 407 Å². The fraction of sp³-hybridized carbons (Fsp3) is 0.528. The van der Waals surface area contributed by atoms with Crippen LogP contribution < -0.4 is 31.6 Å². The summed E-state index contributed by atoms with van der Waals surface area (Å²) in [4.78, 5) is 82.0. The van der Waals surface area contributed by atoms with Gasteiger partial charge in [-0.1, -0.05) is 28.1 Å². The molecule has 1 aliphatic heterocycles. The lowest BCUT2D eigenvalue weighted by atomic mass is 10.2. The summed E-state index contributed by atoms with van der Waals surface area (Å²) in [5, 5.41) is 26.1. The van der Waals surface area contributed by atoms with Crippen molar-refractivity contribution in [3.8, 4) is 17.6 Å². The van der Waals surface area contributed by atoms with Crippen molar-refractivity contribution in [1.29, 1.82) is 0 Å². The Bertz CT molecular complexity index is 2720. The number of aliphatic hydroxyl groups is 1. The Kier molecular flexibility index (Phi) is 23.5. The van der Waals surface area contributed by atoms with Crippen LogP contribution >= 0.6 is 23.5 Å². The minimum Gasteiger partial charge on any atom is -0.491 e. The second-order valence-corrected chi connectivity index (χ2v) is 19.1. The van der Waals surface area contributed by atoms with E-state index in [9.17, 15) is 42.7 Å². The predicted molar refractivity (Wildman–Crippen MR) is 245 cm³/mol. The molecule has 0 aliphatic carbocycles. The van der Waals surface area contributed by atoms with Gasteiger partial charge in [-0.3, -0.25) is 37.7 Å². The summed E-state index contributed by atoms with van der Waals surface area (Å²) in [6.07, 6.45) is -3.19. The standard InChI is InChI=1S/C36H50N13O20P3/c1-39-36-44-33-32(35(54)45-36)24(18-49(33)31-17-26(65-22-43-47-37)27(67-31)19-66-71(57,58)69-72(59,61-3)68-70(55,56)60-2)7-5-10-40-29(52)20-62-14-15-63-30(46-48-38)21-64-25-8-4-6-23(16-25)34(53)42-12-11-41-28(51)9-13-50/h4,6,8,16,18,26-27,30-31,50H,9-15,17,19-22H2,1-3H3,(H,40,52)(H,41,51)(H,42,53)(H,55,56)(H,57,58)(H2,39,44,45,54). The molecule has 1 saturated heterocycles. The summed E-state index contributed by atoms with van der Waals surface area (Å²) in [5.41, 5.74) is 17.6. The highest BCUT2D eigenvalue weighted by atomic mass is 31.3. The first-order valence-electron chi connectivity index (χ1n) is 20.8. The molecular weight excluding hydrogens is 1030 g/mol. The average molecular weight is 1080 g/mol. The average Bonchev–Trinajstić information content (AvgIpc) is 3.93. The number of fused-ring (bicyclic) bond motifs is 1. The Morgan fingerprint density at radius 1 is 1.06 bits per heavy atom. The van der Waals surface area contributed by atoms with Crippen LogP contribution in [0.3, 0.4) is 0 Å². The molecule has 72 heavy (non-hydrogen) atoms. The molecule has 2 aromatic heterocycles. The first kappa shape index (κ1) is 58.6. The number of carbonyl (C=O) groups is 3. The fourth-order valence-corrected chi connectivity index (χ4v) is 9.71. The van der Waals surface area contributed by atoms with Gasteiger partial charge in [-0.15, -0.1) is 0 Å². The van der Waals surface area contributed by atoms with Crippen molar-refractivity contribution in [3.05, 3.63) is 72.8 Å². The number of phosphoric ester groups is 2. The zero-order valence-corrected chi connectivity index (χ0v) is 41.1. The minimum atomic E-state index is -5.43. The molecule has 3 amide bonds. The van der Waals surface area contributed by atoms with Crippen molar-refractivity contribution in [2.45, 2.75) is 37.5 Å². The van der Waals surface area contributed by atoms with Gasteiger partial charge >= 0.3 is 23.5 Å². The van der Waals surface area contributed by atoms with Crippen LogP contribution in [0.25, 0.3) is 31.9 Å². The largest absolute Gasteiger partial charge is 0.492 e. The van der Waals surface area contributed by atoms with E-state index >= 15 is 0 Å². The number of hydrogen-bond acceptors (Lipinski definition) is 22. The number of nitrogens with one attached hydrogen (secondary N) is 5. The second-order valence-electron chi connectivity index (χ2n) is 14.0. The van der Waals surface area contributed by atoms with E-state index < -0.39 is 85.5 Å². The van der Waals surface area contributed by atoms with Gasteiger partial charge in [0.1, 0.15) is 38.0 Å². The second kappa shape index (κ2) is 28.9. The molecule has 33 nitrogen and oxygen atoms in total. The number of H-pyrrole nitrogens is 1. The number of carbonyl (C=O) groups excluding carboxylic acids is 3. The number of azide groups is 2. The lowest BCUT2D eigenvalue weighted by Crippen LogP contribution is -2.34. The van der Waals surface area contributed by atoms with Crippen LogP contribution in [0.4, 0.5) is 5.95 Å². The van der Waals surface area contributed by atoms with Gasteiger partial charge in [-0.2, -0.15) is 13.6 Å². The summed E-state index contributed by atoms with van der Waals surface area (Å²) < 4.78 is 89.1. The predicted octanol–water partition coefficient (Wildman–Crippen LogP) is 1.80. The van der Waals surface area contributed by atoms with Gasteiger partial charge in [0.25, 0.3) is 11.5 Å². The number of rotatable bonds is 31. The summed E-state index contributed by atoms with van der Waals surface area (Å²) >= 11 is 0. The maximum Gasteiger partial charge on any atom is 0.492 e. The SMILES string of the molecule is CNc1nc2c(c(C#CCNC(=O)COCCOC(COc3cccc(C(=O)NCCNC(=O)CCO)c3)N=[N+]=[N-])cn2C2CC(OCN=[N+]=[N-])C(COP(=O)(O)OP(=O)(OC)OP(=O)(O)OC)O2)c(=O)[nH]1. The molecule has 3 heterocycles. The molecule has 0 bridgehead atoms. The molecule has 36 heteroatoms. The van der Waals surface area contributed by atoms with E-state index in [1.165, 1.54) is 23.9 Å². The molecule has 3 aromatic rings. The maximum absolute atomic E-state index is 13.3. The van der Waals surface area contributed by atoms with E-state index in [2.05, 4.69) is 80.8 Å². The summed E-state index contributed by atoms with van der Waals surface area (Å²) in [5.74, 6) is 4.49. The van der Waals surface area contributed by atoms with Crippen LogP contribution in [0, 0.1) is 11.8 Å². The molecular formula is C36H50N13O20P3. The molecule has 1 aliphatic rings. The zero-order valence-electron chi connectivity index (χ0n) is 38.4. The molecule has 1 aromatic carbocycles. The van der Waals surface area contributed by atoms with Crippen molar-refractivity contribution in [1.82, 2.24) is 30.5 Å². The van der Waals surface area contributed by atoms with Crippen LogP contribution in [0.2, 0.25) is 0 Å². The number of anilines is 1. The summed E-state index contributed by atoms with van der Waals surface area (Å²) in [7, 11) is -12.8. The number of aromatic nitrogens is 3. The number of hydrogen-bond donors (Lipinski definition) is 8. The molecule has 7 unspecified atom stereocenters.